The van der Waals surface area contributed by atoms with E-state index in [-0.39, 0.29) is 30.5 Å². The topological polar surface area (TPSA) is 73.6 Å². The van der Waals surface area contributed by atoms with E-state index in [0.717, 1.165) is 12.8 Å². The summed E-state index contributed by atoms with van der Waals surface area (Å²) in [5, 5.41) is 3.10. The number of nitrogens with two attached hydrogens (primary N) is 1. The molecule has 1 aromatic rings. The normalized spacial score (nSPS) is 16.0. The van der Waals surface area contributed by atoms with Gasteiger partial charge in [0.05, 0.1) is 13.2 Å². The fourth-order valence-electron chi connectivity index (χ4n) is 3.32. The second-order valence-corrected chi connectivity index (χ2v) is 6.75. The molecule has 0 spiro atoms. The molecule has 1 fully saturated rings. The first kappa shape index (κ1) is 21.6. The smallest absolute Gasteiger partial charge is 0.251 e. The van der Waals surface area contributed by atoms with E-state index < -0.39 is 0 Å². The largest absolute Gasteiger partial charge is 0.493 e. The molecular formula is C19H31ClN2O3. The summed E-state index contributed by atoms with van der Waals surface area (Å²) < 4.78 is 11.0. The number of amides is 1. The molecule has 25 heavy (non-hydrogen) atoms. The van der Waals surface area contributed by atoms with Crippen molar-refractivity contribution in [3.63, 3.8) is 0 Å². The Labute approximate surface area is 157 Å². The minimum atomic E-state index is -0.106. The van der Waals surface area contributed by atoms with Crippen molar-refractivity contribution in [1.29, 1.82) is 0 Å². The van der Waals surface area contributed by atoms with Crippen molar-refractivity contribution < 1.29 is 14.3 Å². The van der Waals surface area contributed by atoms with Crippen LogP contribution in [0.4, 0.5) is 0 Å². The highest BCUT2D eigenvalue weighted by Crippen LogP contribution is 2.30. The van der Waals surface area contributed by atoms with Crippen LogP contribution in [0.25, 0.3) is 0 Å². The predicted octanol–water partition coefficient (Wildman–Crippen LogP) is 3.54. The van der Waals surface area contributed by atoms with Crippen LogP contribution in [0.15, 0.2) is 18.2 Å². The Hall–Kier alpha value is -1.46. The number of methoxy groups -OCH3 is 1. The maximum Gasteiger partial charge on any atom is 0.251 e. The van der Waals surface area contributed by atoms with Crippen LogP contribution in [0, 0.1) is 5.92 Å². The molecule has 0 aromatic heterocycles. The SMILES string of the molecule is COc1cc(C(=O)NC(CN)C2CCCCC2)ccc1OC(C)C.Cl. The van der Waals surface area contributed by atoms with E-state index in [1.165, 1.54) is 19.3 Å². The minimum absolute atomic E-state index is 0. The van der Waals surface area contributed by atoms with Crippen LogP contribution in [0.2, 0.25) is 0 Å². The molecule has 1 aromatic carbocycles. The lowest BCUT2D eigenvalue weighted by atomic mass is 9.84. The number of hydrogen-bond acceptors (Lipinski definition) is 4. The molecule has 1 saturated carbocycles. The maximum atomic E-state index is 12.6. The second-order valence-electron chi connectivity index (χ2n) is 6.75. The number of rotatable bonds is 7. The molecule has 2 rings (SSSR count). The van der Waals surface area contributed by atoms with Gasteiger partial charge >= 0.3 is 0 Å². The first-order chi connectivity index (χ1) is 11.5. The lowest BCUT2D eigenvalue weighted by Crippen LogP contribution is -2.45. The number of ether oxygens (including phenoxy) is 2. The molecule has 6 heteroatoms. The highest BCUT2D eigenvalue weighted by Gasteiger charge is 2.24. The van der Waals surface area contributed by atoms with Gasteiger partial charge in [-0.1, -0.05) is 19.3 Å². The van der Waals surface area contributed by atoms with Gasteiger partial charge in [0.25, 0.3) is 5.91 Å². The first-order valence-electron chi connectivity index (χ1n) is 8.90. The molecule has 142 valence electrons. The van der Waals surface area contributed by atoms with Gasteiger partial charge in [0.1, 0.15) is 0 Å². The number of benzene rings is 1. The van der Waals surface area contributed by atoms with E-state index in [1.54, 1.807) is 25.3 Å². The van der Waals surface area contributed by atoms with Crippen molar-refractivity contribution in [2.24, 2.45) is 11.7 Å². The molecule has 0 bridgehead atoms. The van der Waals surface area contributed by atoms with Gasteiger partial charge in [0, 0.05) is 18.2 Å². The fraction of sp³-hybridized carbons (Fsp3) is 0.632. The lowest BCUT2D eigenvalue weighted by Gasteiger charge is -2.30. The van der Waals surface area contributed by atoms with Gasteiger partial charge in [-0.2, -0.15) is 0 Å². The van der Waals surface area contributed by atoms with Crippen molar-refractivity contribution in [2.75, 3.05) is 13.7 Å². The summed E-state index contributed by atoms with van der Waals surface area (Å²) in [6.45, 7) is 4.38. The van der Waals surface area contributed by atoms with Crippen molar-refractivity contribution in [3.05, 3.63) is 23.8 Å². The summed E-state index contributed by atoms with van der Waals surface area (Å²) in [5.74, 6) is 1.59. The molecule has 5 nitrogen and oxygen atoms in total. The average molecular weight is 371 g/mol. The number of hydrogen-bond donors (Lipinski definition) is 2. The zero-order chi connectivity index (χ0) is 17.5. The molecule has 1 amide bonds. The number of carbonyl (C=O) groups excluding carboxylic acids is 1. The molecular weight excluding hydrogens is 340 g/mol. The molecule has 0 heterocycles. The first-order valence-corrected chi connectivity index (χ1v) is 8.90. The van der Waals surface area contributed by atoms with Gasteiger partial charge in [-0.05, 0) is 50.8 Å². The Morgan fingerprint density at radius 1 is 1.24 bits per heavy atom. The van der Waals surface area contributed by atoms with Crippen molar-refractivity contribution in [3.8, 4) is 11.5 Å². The Morgan fingerprint density at radius 2 is 1.92 bits per heavy atom. The van der Waals surface area contributed by atoms with Gasteiger partial charge in [-0.25, -0.2) is 0 Å². The van der Waals surface area contributed by atoms with Crippen LogP contribution in [0.1, 0.15) is 56.3 Å². The van der Waals surface area contributed by atoms with E-state index in [4.69, 9.17) is 15.2 Å². The number of nitrogens with one attached hydrogen (secondary N) is 1. The van der Waals surface area contributed by atoms with Gasteiger partial charge in [0.15, 0.2) is 11.5 Å². The van der Waals surface area contributed by atoms with Crippen LogP contribution in [0.3, 0.4) is 0 Å². The van der Waals surface area contributed by atoms with Crippen molar-refractivity contribution in [1.82, 2.24) is 5.32 Å². The Kier molecular flexibility index (Phi) is 9.08. The minimum Gasteiger partial charge on any atom is -0.493 e. The summed E-state index contributed by atoms with van der Waals surface area (Å²) in [5.41, 5.74) is 6.47. The van der Waals surface area contributed by atoms with E-state index in [1.807, 2.05) is 13.8 Å². The van der Waals surface area contributed by atoms with Crippen LogP contribution in [-0.4, -0.2) is 31.7 Å². The molecule has 1 aliphatic rings. The lowest BCUT2D eigenvalue weighted by molar-refractivity contribution is 0.0915. The summed E-state index contributed by atoms with van der Waals surface area (Å²) in [6.07, 6.45) is 6.08. The summed E-state index contributed by atoms with van der Waals surface area (Å²) in [4.78, 5) is 12.6. The van der Waals surface area contributed by atoms with Gasteiger partial charge in [-0.15, -0.1) is 12.4 Å². The third-order valence-electron chi connectivity index (χ3n) is 4.58. The zero-order valence-electron chi connectivity index (χ0n) is 15.4. The van der Waals surface area contributed by atoms with Crippen LogP contribution < -0.4 is 20.5 Å². The van der Waals surface area contributed by atoms with Crippen molar-refractivity contribution in [2.45, 2.75) is 58.1 Å². The van der Waals surface area contributed by atoms with Crippen LogP contribution in [0.5, 0.6) is 11.5 Å². The van der Waals surface area contributed by atoms with E-state index >= 15 is 0 Å². The predicted molar refractivity (Wildman–Crippen MR) is 103 cm³/mol. The molecule has 0 aliphatic heterocycles. The summed E-state index contributed by atoms with van der Waals surface area (Å²) in [7, 11) is 1.58. The van der Waals surface area contributed by atoms with Gasteiger partial charge < -0.3 is 20.5 Å². The third kappa shape index (κ3) is 6.08. The van der Waals surface area contributed by atoms with Gasteiger partial charge in [-0.3, -0.25) is 4.79 Å². The van der Waals surface area contributed by atoms with Crippen LogP contribution >= 0.6 is 12.4 Å². The van der Waals surface area contributed by atoms with Crippen LogP contribution in [-0.2, 0) is 0 Å². The van der Waals surface area contributed by atoms with E-state index in [0.29, 0.717) is 29.5 Å². The quantitative estimate of drug-likeness (QED) is 0.769. The monoisotopic (exact) mass is 370 g/mol. The number of carbonyl (C=O) groups is 1. The number of halogens is 1. The van der Waals surface area contributed by atoms with Crippen molar-refractivity contribution >= 4 is 18.3 Å². The standard InChI is InChI=1S/C19H30N2O3.ClH/c1-13(2)24-17-10-9-15(11-18(17)23-3)19(22)21-16(12-20)14-7-5-4-6-8-14;/h9-11,13-14,16H,4-8,12,20H2,1-3H3,(H,21,22);1H. The third-order valence-corrected chi connectivity index (χ3v) is 4.58. The summed E-state index contributed by atoms with van der Waals surface area (Å²) in [6, 6.07) is 5.31. The fourth-order valence-corrected chi connectivity index (χ4v) is 3.32. The Bertz CT molecular complexity index is 545. The molecule has 1 unspecified atom stereocenters. The zero-order valence-corrected chi connectivity index (χ0v) is 16.2. The molecule has 3 N–H and O–H groups in total. The summed E-state index contributed by atoms with van der Waals surface area (Å²) >= 11 is 0. The average Bonchev–Trinajstić information content (AvgIpc) is 2.60. The molecule has 1 aliphatic carbocycles. The molecule has 0 saturated heterocycles. The molecule has 1 atom stereocenters. The highest BCUT2D eigenvalue weighted by atomic mass is 35.5. The Morgan fingerprint density at radius 3 is 2.48 bits per heavy atom. The maximum absolute atomic E-state index is 12.6. The van der Waals surface area contributed by atoms with E-state index in [2.05, 4.69) is 5.32 Å². The van der Waals surface area contributed by atoms with E-state index in [9.17, 15) is 4.79 Å². The second kappa shape index (κ2) is 10.5. The Balaban J connectivity index is 0.00000312. The highest BCUT2D eigenvalue weighted by molar-refractivity contribution is 5.95. The molecule has 0 radical (unpaired) electrons. The van der Waals surface area contributed by atoms with Gasteiger partial charge in [0.2, 0.25) is 0 Å².